The van der Waals surface area contributed by atoms with Gasteiger partial charge in [-0.3, -0.25) is 0 Å². The second kappa shape index (κ2) is 3.72. The van der Waals surface area contributed by atoms with Gasteiger partial charge in [0, 0.05) is 16.7 Å². The molecule has 0 aromatic heterocycles. The van der Waals surface area contributed by atoms with E-state index in [1.165, 1.54) is 6.26 Å². The number of alkyl halides is 1. The largest absolute Gasteiger partial charge is 0.326 e. The lowest BCUT2D eigenvalue weighted by Crippen LogP contribution is -2.30. The summed E-state index contributed by atoms with van der Waals surface area (Å²) in [5.74, 6) is 0.0932. The minimum absolute atomic E-state index is 0.0932. The Balaban J connectivity index is 3.75. The third-order valence-corrected chi connectivity index (χ3v) is 2.88. The summed E-state index contributed by atoms with van der Waals surface area (Å²) in [5, 5.41) is 0. The summed E-state index contributed by atoms with van der Waals surface area (Å²) in [5.41, 5.74) is 5.37. The van der Waals surface area contributed by atoms with E-state index in [4.69, 9.17) is 5.73 Å². The van der Waals surface area contributed by atoms with E-state index in [0.29, 0.717) is 4.43 Å². The number of rotatable bonds is 3. The molecule has 5 heteroatoms. The molecular formula is C4H10INO2S. The van der Waals surface area contributed by atoms with Gasteiger partial charge in [-0.05, 0) is 0 Å². The van der Waals surface area contributed by atoms with Gasteiger partial charge in [0.1, 0.15) is 9.84 Å². The minimum Gasteiger partial charge on any atom is -0.326 e. The maximum atomic E-state index is 10.5. The van der Waals surface area contributed by atoms with Crippen LogP contribution in [0.3, 0.4) is 0 Å². The highest BCUT2D eigenvalue weighted by Gasteiger charge is 2.08. The molecule has 56 valence electrons. The monoisotopic (exact) mass is 263 g/mol. The lowest BCUT2D eigenvalue weighted by atomic mass is 10.4. The van der Waals surface area contributed by atoms with Crippen molar-refractivity contribution in [1.29, 1.82) is 0 Å². The van der Waals surface area contributed by atoms with E-state index >= 15 is 0 Å². The van der Waals surface area contributed by atoms with E-state index in [0.717, 1.165) is 0 Å². The maximum Gasteiger partial charge on any atom is 0.149 e. The normalized spacial score (nSPS) is 15.4. The van der Waals surface area contributed by atoms with Gasteiger partial charge >= 0.3 is 0 Å². The molecule has 0 bridgehead atoms. The van der Waals surface area contributed by atoms with E-state index in [-0.39, 0.29) is 11.8 Å². The van der Waals surface area contributed by atoms with E-state index in [1.807, 2.05) is 0 Å². The summed E-state index contributed by atoms with van der Waals surface area (Å²) < 4.78 is 21.7. The van der Waals surface area contributed by atoms with E-state index in [2.05, 4.69) is 22.6 Å². The molecular weight excluding hydrogens is 253 g/mol. The van der Waals surface area contributed by atoms with Gasteiger partial charge in [0.25, 0.3) is 0 Å². The fourth-order valence-corrected chi connectivity index (χ4v) is 2.06. The fraction of sp³-hybridized carbons (Fsp3) is 1.00. The zero-order valence-electron chi connectivity index (χ0n) is 5.17. The van der Waals surface area contributed by atoms with Crippen molar-refractivity contribution in [2.24, 2.45) is 5.73 Å². The lowest BCUT2D eigenvalue weighted by molar-refractivity contribution is 0.597. The van der Waals surface area contributed by atoms with Crippen LogP contribution >= 0.6 is 22.6 Å². The average molecular weight is 263 g/mol. The zero-order valence-corrected chi connectivity index (χ0v) is 8.15. The molecule has 0 radical (unpaired) electrons. The third-order valence-electron chi connectivity index (χ3n) is 0.715. The highest BCUT2D eigenvalue weighted by molar-refractivity contribution is 14.1. The number of hydrogen-bond donors (Lipinski definition) is 1. The summed E-state index contributed by atoms with van der Waals surface area (Å²) in [4.78, 5) is 0. The standard InChI is InChI=1S/C4H10INO2S/c1-9(7,8)3-4(6)2-5/h4H,2-3,6H2,1H3. The molecule has 0 aliphatic heterocycles. The van der Waals surface area contributed by atoms with E-state index in [9.17, 15) is 8.42 Å². The molecule has 9 heavy (non-hydrogen) atoms. The van der Waals surface area contributed by atoms with Crippen LogP contribution in [-0.2, 0) is 9.84 Å². The molecule has 0 aromatic rings. The van der Waals surface area contributed by atoms with Crippen molar-refractivity contribution in [3.63, 3.8) is 0 Å². The molecule has 0 amide bonds. The molecule has 1 atom stereocenters. The molecule has 3 nitrogen and oxygen atoms in total. The van der Waals surface area contributed by atoms with Crippen molar-refractivity contribution in [3.8, 4) is 0 Å². The highest BCUT2D eigenvalue weighted by Crippen LogP contribution is 1.92. The first-order valence-electron chi connectivity index (χ1n) is 2.45. The average Bonchev–Trinajstić information content (AvgIpc) is 1.62. The Kier molecular flexibility index (Phi) is 3.99. The van der Waals surface area contributed by atoms with Gasteiger partial charge < -0.3 is 5.73 Å². The molecule has 0 saturated carbocycles. The van der Waals surface area contributed by atoms with E-state index < -0.39 is 9.84 Å². The van der Waals surface area contributed by atoms with Crippen LogP contribution in [0.25, 0.3) is 0 Å². The fourth-order valence-electron chi connectivity index (χ4n) is 0.433. The number of nitrogens with two attached hydrogens (primary N) is 1. The van der Waals surface area contributed by atoms with Gasteiger partial charge in [-0.1, -0.05) is 22.6 Å². The van der Waals surface area contributed by atoms with Crippen molar-refractivity contribution < 1.29 is 8.42 Å². The van der Waals surface area contributed by atoms with Gasteiger partial charge in [0.15, 0.2) is 0 Å². The SMILES string of the molecule is CS(=O)(=O)CC(N)CI. The molecule has 0 aliphatic rings. The van der Waals surface area contributed by atoms with Crippen molar-refractivity contribution in [1.82, 2.24) is 0 Å². The first-order chi connectivity index (χ1) is 3.95. The Morgan fingerprint density at radius 2 is 2.11 bits per heavy atom. The van der Waals surface area contributed by atoms with Gasteiger partial charge in [0.2, 0.25) is 0 Å². The molecule has 2 N–H and O–H groups in total. The van der Waals surface area contributed by atoms with Crippen LogP contribution in [0, 0.1) is 0 Å². The Hall–Kier alpha value is 0.640. The minimum atomic E-state index is -2.87. The van der Waals surface area contributed by atoms with Gasteiger partial charge in [-0.15, -0.1) is 0 Å². The van der Waals surface area contributed by atoms with Crippen LogP contribution < -0.4 is 5.73 Å². The Labute approximate surface area is 69.1 Å². The molecule has 0 aliphatic carbocycles. The number of hydrogen-bond acceptors (Lipinski definition) is 3. The van der Waals surface area contributed by atoms with Crippen molar-refractivity contribution in [3.05, 3.63) is 0 Å². The van der Waals surface area contributed by atoms with Gasteiger partial charge in [-0.2, -0.15) is 0 Å². The maximum absolute atomic E-state index is 10.5. The summed E-state index contributed by atoms with van der Waals surface area (Å²) >= 11 is 2.06. The third kappa shape index (κ3) is 6.53. The topological polar surface area (TPSA) is 60.2 Å². The Morgan fingerprint density at radius 3 is 2.22 bits per heavy atom. The summed E-state index contributed by atoms with van der Waals surface area (Å²) in [6.45, 7) is 0. The van der Waals surface area contributed by atoms with Crippen LogP contribution in [0.2, 0.25) is 0 Å². The van der Waals surface area contributed by atoms with Crippen molar-refractivity contribution >= 4 is 32.4 Å². The number of sulfone groups is 1. The van der Waals surface area contributed by atoms with Crippen molar-refractivity contribution in [2.45, 2.75) is 6.04 Å². The van der Waals surface area contributed by atoms with Crippen LogP contribution in [0.4, 0.5) is 0 Å². The molecule has 0 aromatic carbocycles. The molecule has 0 spiro atoms. The van der Waals surface area contributed by atoms with Crippen LogP contribution in [0.1, 0.15) is 0 Å². The van der Waals surface area contributed by atoms with E-state index in [1.54, 1.807) is 0 Å². The van der Waals surface area contributed by atoms with Crippen LogP contribution in [0.15, 0.2) is 0 Å². The quantitative estimate of drug-likeness (QED) is 0.566. The van der Waals surface area contributed by atoms with Gasteiger partial charge in [-0.25, -0.2) is 8.42 Å². The van der Waals surface area contributed by atoms with Crippen LogP contribution in [0.5, 0.6) is 0 Å². The number of halogens is 1. The molecule has 0 fully saturated rings. The highest BCUT2D eigenvalue weighted by atomic mass is 127. The molecule has 0 saturated heterocycles. The smallest absolute Gasteiger partial charge is 0.149 e. The molecule has 1 unspecified atom stereocenters. The zero-order chi connectivity index (χ0) is 7.49. The predicted octanol–water partition coefficient (Wildman–Crippen LogP) is -0.207. The summed E-state index contributed by atoms with van der Waals surface area (Å²) in [7, 11) is -2.87. The Bertz CT molecular complexity index is 165. The second-order valence-corrected chi connectivity index (χ2v) is 5.07. The lowest BCUT2D eigenvalue weighted by Gasteiger charge is -2.03. The summed E-state index contributed by atoms with van der Waals surface area (Å²) in [6, 6.07) is -0.208. The predicted molar refractivity (Wildman–Crippen MR) is 46.6 cm³/mol. The molecule has 0 rings (SSSR count). The van der Waals surface area contributed by atoms with Crippen molar-refractivity contribution in [2.75, 3.05) is 16.4 Å². The van der Waals surface area contributed by atoms with Crippen LogP contribution in [-0.4, -0.2) is 30.9 Å². The molecule has 0 heterocycles. The summed E-state index contributed by atoms with van der Waals surface area (Å²) in [6.07, 6.45) is 1.19. The Morgan fingerprint density at radius 1 is 1.67 bits per heavy atom. The first-order valence-corrected chi connectivity index (χ1v) is 6.03. The second-order valence-electron chi connectivity index (χ2n) is 2.01. The first kappa shape index (κ1) is 9.64. The van der Waals surface area contributed by atoms with Gasteiger partial charge in [0.05, 0.1) is 5.75 Å².